The fourth-order valence-electron chi connectivity index (χ4n) is 1.67. The summed E-state index contributed by atoms with van der Waals surface area (Å²) in [6.45, 7) is 0. The largest absolute Gasteiger partial charge is 0.506 e. The van der Waals surface area contributed by atoms with Gasteiger partial charge in [-0.05, 0) is 63.4 Å². The van der Waals surface area contributed by atoms with Gasteiger partial charge in [0.15, 0.2) is 0 Å². The molecule has 2 rings (SSSR count). The molecule has 0 aromatic heterocycles. The van der Waals surface area contributed by atoms with Crippen LogP contribution in [0.3, 0.4) is 0 Å². The topological polar surface area (TPSA) is 92.5 Å². The molecular formula is C13H8I2N2O4. The number of carbonyl (C=O) groups excluding carboxylic acids is 1. The van der Waals surface area contributed by atoms with Gasteiger partial charge in [-0.25, -0.2) is 0 Å². The van der Waals surface area contributed by atoms with Gasteiger partial charge in [0, 0.05) is 9.64 Å². The fourth-order valence-corrected chi connectivity index (χ4v) is 3.51. The van der Waals surface area contributed by atoms with Crippen LogP contribution < -0.4 is 5.32 Å². The number of phenols is 1. The van der Waals surface area contributed by atoms with Crippen LogP contribution in [0.4, 0.5) is 11.4 Å². The number of hydrogen-bond acceptors (Lipinski definition) is 4. The number of anilines is 1. The van der Waals surface area contributed by atoms with Crippen LogP contribution in [0.5, 0.6) is 5.75 Å². The number of aromatic hydroxyl groups is 1. The van der Waals surface area contributed by atoms with Gasteiger partial charge in [0.25, 0.3) is 11.6 Å². The van der Waals surface area contributed by atoms with Crippen LogP contribution in [-0.4, -0.2) is 15.9 Å². The minimum absolute atomic E-state index is 0.0736. The second-order valence-corrected chi connectivity index (χ2v) is 6.42. The Morgan fingerprint density at radius 1 is 1.24 bits per heavy atom. The number of nitrogens with one attached hydrogen (secondary N) is 1. The summed E-state index contributed by atoms with van der Waals surface area (Å²) < 4.78 is 1.31. The van der Waals surface area contributed by atoms with Gasteiger partial charge in [0.05, 0.1) is 14.1 Å². The van der Waals surface area contributed by atoms with Gasteiger partial charge in [-0.1, -0.05) is 12.1 Å². The highest BCUT2D eigenvalue weighted by atomic mass is 127. The average Bonchev–Trinajstić information content (AvgIpc) is 2.43. The SMILES string of the molecule is O=C(Nc1ccccc1[N+](=O)[O-])c1cc(I)cc(I)c1O. The first-order valence-corrected chi connectivity index (χ1v) is 7.78. The van der Waals surface area contributed by atoms with E-state index in [1.54, 1.807) is 12.1 Å². The number of nitro groups is 1. The number of carbonyl (C=O) groups is 1. The second kappa shape index (κ2) is 6.56. The number of nitro benzene ring substituents is 1. The first kappa shape index (κ1) is 15.9. The molecule has 0 unspecified atom stereocenters. The normalized spacial score (nSPS) is 10.2. The van der Waals surface area contributed by atoms with Crippen molar-refractivity contribution in [2.75, 3.05) is 5.32 Å². The van der Waals surface area contributed by atoms with Crippen molar-refractivity contribution in [1.82, 2.24) is 0 Å². The molecule has 0 radical (unpaired) electrons. The molecule has 108 valence electrons. The third-order valence-electron chi connectivity index (χ3n) is 2.62. The van der Waals surface area contributed by atoms with Crippen LogP contribution in [-0.2, 0) is 0 Å². The van der Waals surface area contributed by atoms with Crippen molar-refractivity contribution in [3.8, 4) is 5.75 Å². The Bertz CT molecular complexity index is 734. The molecule has 0 heterocycles. The molecule has 0 aliphatic carbocycles. The Morgan fingerprint density at radius 3 is 2.57 bits per heavy atom. The van der Waals surface area contributed by atoms with Gasteiger partial charge in [-0.3, -0.25) is 14.9 Å². The second-order valence-electron chi connectivity index (χ2n) is 4.01. The summed E-state index contributed by atoms with van der Waals surface area (Å²) >= 11 is 3.94. The summed E-state index contributed by atoms with van der Waals surface area (Å²) in [6, 6.07) is 9.07. The van der Waals surface area contributed by atoms with Crippen molar-refractivity contribution in [3.63, 3.8) is 0 Å². The Hall–Kier alpha value is -1.43. The van der Waals surface area contributed by atoms with Crippen LogP contribution in [0.1, 0.15) is 10.4 Å². The van der Waals surface area contributed by atoms with E-state index in [4.69, 9.17) is 0 Å². The molecule has 2 N–H and O–H groups in total. The van der Waals surface area contributed by atoms with Gasteiger partial charge in [0.2, 0.25) is 0 Å². The Balaban J connectivity index is 2.38. The van der Waals surface area contributed by atoms with Crippen molar-refractivity contribution >= 4 is 62.5 Å². The van der Waals surface area contributed by atoms with Crippen LogP contribution in [0, 0.1) is 17.3 Å². The summed E-state index contributed by atoms with van der Waals surface area (Å²) in [5, 5.41) is 23.3. The molecule has 2 aromatic carbocycles. The van der Waals surface area contributed by atoms with Gasteiger partial charge in [-0.15, -0.1) is 0 Å². The van der Waals surface area contributed by atoms with Crippen molar-refractivity contribution in [2.24, 2.45) is 0 Å². The van der Waals surface area contributed by atoms with E-state index < -0.39 is 10.8 Å². The highest BCUT2D eigenvalue weighted by molar-refractivity contribution is 14.1. The monoisotopic (exact) mass is 510 g/mol. The predicted octanol–water partition coefficient (Wildman–Crippen LogP) is 3.76. The summed E-state index contributed by atoms with van der Waals surface area (Å²) in [5.41, 5.74) is -0.0455. The number of benzene rings is 2. The van der Waals surface area contributed by atoms with Crippen LogP contribution in [0.25, 0.3) is 0 Å². The van der Waals surface area contributed by atoms with Crippen molar-refractivity contribution in [1.29, 1.82) is 0 Å². The third-order valence-corrected chi connectivity index (χ3v) is 4.07. The maximum absolute atomic E-state index is 12.2. The molecule has 6 nitrogen and oxygen atoms in total. The van der Waals surface area contributed by atoms with E-state index in [1.165, 1.54) is 24.3 Å². The lowest BCUT2D eigenvalue weighted by atomic mass is 10.2. The number of phenolic OH excluding ortho intramolecular Hbond substituents is 1. The molecule has 0 aliphatic rings. The average molecular weight is 510 g/mol. The lowest BCUT2D eigenvalue weighted by molar-refractivity contribution is -0.383. The molecule has 0 saturated carbocycles. The zero-order valence-corrected chi connectivity index (χ0v) is 14.7. The van der Waals surface area contributed by atoms with Crippen molar-refractivity contribution < 1.29 is 14.8 Å². The lowest BCUT2D eigenvalue weighted by Gasteiger charge is -2.09. The molecule has 8 heteroatoms. The minimum Gasteiger partial charge on any atom is -0.506 e. The number of nitrogens with zero attached hydrogens (tertiary/aromatic N) is 1. The molecule has 0 atom stereocenters. The molecule has 1 amide bonds. The lowest BCUT2D eigenvalue weighted by Crippen LogP contribution is -2.14. The van der Waals surface area contributed by atoms with Crippen molar-refractivity contribution in [2.45, 2.75) is 0 Å². The number of rotatable bonds is 3. The van der Waals surface area contributed by atoms with Gasteiger partial charge in [0.1, 0.15) is 11.4 Å². The maximum Gasteiger partial charge on any atom is 0.292 e. The van der Waals surface area contributed by atoms with Gasteiger partial charge < -0.3 is 10.4 Å². The quantitative estimate of drug-likeness (QED) is 0.374. The Kier molecular flexibility index (Phi) is 4.98. The van der Waals surface area contributed by atoms with E-state index in [9.17, 15) is 20.0 Å². The smallest absolute Gasteiger partial charge is 0.292 e. The van der Waals surface area contributed by atoms with E-state index in [1.807, 2.05) is 45.2 Å². The van der Waals surface area contributed by atoms with Crippen LogP contribution in [0.2, 0.25) is 0 Å². The zero-order valence-electron chi connectivity index (χ0n) is 10.3. The highest BCUT2D eigenvalue weighted by Crippen LogP contribution is 2.29. The van der Waals surface area contributed by atoms with Crippen LogP contribution in [0.15, 0.2) is 36.4 Å². The molecule has 0 saturated heterocycles. The standard InChI is InChI=1S/C13H8I2N2O4/c14-7-5-8(12(18)9(15)6-7)13(19)16-10-3-1-2-4-11(10)17(20)21/h1-6,18H,(H,16,19). The van der Waals surface area contributed by atoms with Crippen LogP contribution >= 0.6 is 45.2 Å². The van der Waals surface area contributed by atoms with Gasteiger partial charge in [-0.2, -0.15) is 0 Å². The minimum atomic E-state index is -0.599. The summed E-state index contributed by atoms with van der Waals surface area (Å²) in [6.07, 6.45) is 0. The summed E-state index contributed by atoms with van der Waals surface area (Å²) in [4.78, 5) is 22.6. The van der Waals surface area contributed by atoms with Gasteiger partial charge >= 0.3 is 0 Å². The highest BCUT2D eigenvalue weighted by Gasteiger charge is 2.19. The number of amides is 1. The Morgan fingerprint density at radius 2 is 1.90 bits per heavy atom. The first-order chi connectivity index (χ1) is 9.90. The third kappa shape index (κ3) is 3.61. The van der Waals surface area contributed by atoms with Crippen molar-refractivity contribution in [3.05, 3.63) is 59.2 Å². The van der Waals surface area contributed by atoms with E-state index in [-0.39, 0.29) is 22.7 Å². The maximum atomic E-state index is 12.2. The van der Waals surface area contributed by atoms with E-state index in [2.05, 4.69) is 5.32 Å². The van der Waals surface area contributed by atoms with E-state index >= 15 is 0 Å². The zero-order chi connectivity index (χ0) is 15.6. The number of hydrogen-bond donors (Lipinski definition) is 2. The van der Waals surface area contributed by atoms with E-state index in [0.717, 1.165) is 3.57 Å². The fraction of sp³-hybridized carbons (Fsp3) is 0. The molecular weight excluding hydrogens is 502 g/mol. The molecule has 0 aliphatic heterocycles. The summed E-state index contributed by atoms with van der Waals surface area (Å²) in [7, 11) is 0. The number of halogens is 2. The number of para-hydroxylation sites is 2. The summed E-state index contributed by atoms with van der Waals surface area (Å²) in [5.74, 6) is -0.745. The molecule has 0 spiro atoms. The molecule has 21 heavy (non-hydrogen) atoms. The molecule has 0 bridgehead atoms. The Labute approximate surface area is 147 Å². The molecule has 2 aromatic rings. The predicted molar refractivity (Wildman–Crippen MR) is 94.6 cm³/mol. The first-order valence-electron chi connectivity index (χ1n) is 5.63. The molecule has 0 fully saturated rings. The van der Waals surface area contributed by atoms with E-state index in [0.29, 0.717) is 3.57 Å².